The molecule has 3 nitrogen and oxygen atoms in total. The van der Waals surface area contributed by atoms with Gasteiger partial charge in [0.2, 0.25) is 0 Å². The van der Waals surface area contributed by atoms with Crippen LogP contribution < -0.4 is 4.90 Å². The van der Waals surface area contributed by atoms with E-state index < -0.39 is 0 Å². The molecule has 0 aromatic heterocycles. The molecular weight excluding hydrogens is 255 g/mol. The Morgan fingerprint density at radius 1 is 1.20 bits per heavy atom. The predicted octanol–water partition coefficient (Wildman–Crippen LogP) is 2.83. The zero-order valence-electron chi connectivity index (χ0n) is 11.2. The van der Waals surface area contributed by atoms with E-state index in [-0.39, 0.29) is 12.4 Å². The van der Waals surface area contributed by atoms with Crippen molar-refractivity contribution in [2.24, 2.45) is 0 Å². The monoisotopic (exact) mass is 270 g/mol. The van der Waals surface area contributed by atoms with Gasteiger partial charge < -0.3 is 10.0 Å². The van der Waals surface area contributed by atoms with Gasteiger partial charge in [-0.25, -0.2) is 4.39 Å². The van der Waals surface area contributed by atoms with E-state index >= 15 is 0 Å². The average Bonchev–Trinajstić information content (AvgIpc) is 2.46. The Labute approximate surface area is 117 Å². The van der Waals surface area contributed by atoms with Gasteiger partial charge in [-0.3, -0.25) is 0 Å². The Kier molecular flexibility index (Phi) is 4.34. The number of rotatable bonds is 4. The largest absolute Gasteiger partial charge is 0.392 e. The Morgan fingerprint density at radius 2 is 2.00 bits per heavy atom. The van der Waals surface area contributed by atoms with Gasteiger partial charge in [0.25, 0.3) is 0 Å². The maximum atomic E-state index is 13.2. The van der Waals surface area contributed by atoms with Crippen LogP contribution >= 0.6 is 0 Å². The number of anilines is 1. The molecule has 20 heavy (non-hydrogen) atoms. The molecule has 0 unspecified atom stereocenters. The quantitative estimate of drug-likeness (QED) is 0.929. The lowest BCUT2D eigenvalue weighted by Gasteiger charge is -2.21. The minimum absolute atomic E-state index is 0.0947. The van der Waals surface area contributed by atoms with Crippen molar-refractivity contribution in [3.63, 3.8) is 0 Å². The summed E-state index contributed by atoms with van der Waals surface area (Å²) in [6.07, 6.45) is 0. The van der Waals surface area contributed by atoms with Gasteiger partial charge in [-0.1, -0.05) is 18.2 Å². The summed E-state index contributed by atoms with van der Waals surface area (Å²) in [6, 6.07) is 13.7. The fraction of sp³-hybridized carbons (Fsp3) is 0.188. The molecule has 2 aromatic carbocycles. The molecule has 0 aliphatic heterocycles. The van der Waals surface area contributed by atoms with Crippen LogP contribution in [0.4, 0.5) is 10.1 Å². The minimum Gasteiger partial charge on any atom is -0.392 e. The molecule has 0 amide bonds. The van der Waals surface area contributed by atoms with Gasteiger partial charge in [0, 0.05) is 13.6 Å². The van der Waals surface area contributed by atoms with Gasteiger partial charge >= 0.3 is 0 Å². The van der Waals surface area contributed by atoms with Crippen molar-refractivity contribution in [1.82, 2.24) is 0 Å². The first-order chi connectivity index (χ1) is 9.63. The number of halogens is 1. The highest BCUT2D eigenvalue weighted by atomic mass is 19.1. The van der Waals surface area contributed by atoms with Crippen LogP contribution in [0.15, 0.2) is 42.5 Å². The lowest BCUT2D eigenvalue weighted by Crippen LogP contribution is -2.17. The normalized spacial score (nSPS) is 10.1. The van der Waals surface area contributed by atoms with Gasteiger partial charge in [0.15, 0.2) is 0 Å². The van der Waals surface area contributed by atoms with E-state index in [1.54, 1.807) is 24.3 Å². The second-order valence-corrected chi connectivity index (χ2v) is 4.61. The Morgan fingerprint density at radius 3 is 2.65 bits per heavy atom. The Balaban J connectivity index is 2.25. The molecule has 1 N–H and O–H groups in total. The third kappa shape index (κ3) is 3.14. The summed E-state index contributed by atoms with van der Waals surface area (Å²) in [5.41, 5.74) is 2.79. The molecule has 0 heterocycles. The van der Waals surface area contributed by atoms with Crippen molar-refractivity contribution in [3.8, 4) is 6.07 Å². The first kappa shape index (κ1) is 14.0. The maximum absolute atomic E-state index is 13.2. The van der Waals surface area contributed by atoms with E-state index in [1.807, 2.05) is 18.0 Å². The SMILES string of the molecule is CN(Cc1cccc(F)c1)c1ccc(CO)cc1C#N. The predicted molar refractivity (Wildman–Crippen MR) is 75.6 cm³/mol. The summed E-state index contributed by atoms with van der Waals surface area (Å²) >= 11 is 0. The van der Waals surface area contributed by atoms with E-state index in [4.69, 9.17) is 5.11 Å². The van der Waals surface area contributed by atoms with Gasteiger partial charge in [0.1, 0.15) is 11.9 Å². The third-order valence-corrected chi connectivity index (χ3v) is 3.08. The molecule has 0 radical (unpaired) electrons. The molecule has 0 saturated heterocycles. The summed E-state index contributed by atoms with van der Waals surface area (Å²) in [4.78, 5) is 1.88. The van der Waals surface area contributed by atoms with Gasteiger partial charge in [-0.2, -0.15) is 5.26 Å². The van der Waals surface area contributed by atoms with Crippen LogP contribution in [0, 0.1) is 17.1 Å². The van der Waals surface area contributed by atoms with Gasteiger partial charge in [0.05, 0.1) is 17.9 Å². The van der Waals surface area contributed by atoms with Crippen LogP contribution in [0.3, 0.4) is 0 Å². The number of benzene rings is 2. The third-order valence-electron chi connectivity index (χ3n) is 3.08. The van der Waals surface area contributed by atoms with Crippen LogP contribution in [0.5, 0.6) is 0 Å². The molecule has 0 spiro atoms. The van der Waals surface area contributed by atoms with Crippen molar-refractivity contribution in [3.05, 3.63) is 65.0 Å². The molecule has 0 aliphatic carbocycles. The minimum atomic E-state index is -0.271. The molecule has 102 valence electrons. The Bertz CT molecular complexity index is 649. The first-order valence-electron chi connectivity index (χ1n) is 6.23. The number of hydrogen-bond acceptors (Lipinski definition) is 3. The zero-order chi connectivity index (χ0) is 14.5. The number of aliphatic hydroxyl groups is 1. The van der Waals surface area contributed by atoms with Crippen LogP contribution in [-0.4, -0.2) is 12.2 Å². The number of nitriles is 1. The number of nitrogens with zero attached hydrogens (tertiary/aromatic N) is 2. The molecule has 0 atom stereocenters. The van der Waals surface area contributed by atoms with Crippen LogP contribution in [0.25, 0.3) is 0 Å². The van der Waals surface area contributed by atoms with Crippen molar-refractivity contribution in [1.29, 1.82) is 5.26 Å². The summed E-state index contributed by atoms with van der Waals surface area (Å²) in [5, 5.41) is 18.3. The van der Waals surface area contributed by atoms with Crippen LogP contribution in [-0.2, 0) is 13.2 Å². The smallest absolute Gasteiger partial charge is 0.123 e. The maximum Gasteiger partial charge on any atom is 0.123 e. The van der Waals surface area contributed by atoms with Crippen molar-refractivity contribution >= 4 is 5.69 Å². The second-order valence-electron chi connectivity index (χ2n) is 4.61. The molecule has 0 aliphatic rings. The first-order valence-corrected chi connectivity index (χ1v) is 6.23. The molecule has 0 saturated carbocycles. The molecule has 0 bridgehead atoms. The lowest BCUT2D eigenvalue weighted by molar-refractivity contribution is 0.282. The van der Waals surface area contributed by atoms with E-state index in [0.717, 1.165) is 11.3 Å². The average molecular weight is 270 g/mol. The van der Waals surface area contributed by atoms with Gasteiger partial charge in [-0.15, -0.1) is 0 Å². The number of aliphatic hydroxyl groups excluding tert-OH is 1. The second kappa shape index (κ2) is 6.18. The summed E-state index contributed by atoms with van der Waals surface area (Å²) in [5.74, 6) is -0.271. The highest BCUT2D eigenvalue weighted by Crippen LogP contribution is 2.22. The standard InChI is InChI=1S/C16H15FN2O/c1-19(10-12-3-2-4-15(17)8-12)16-6-5-13(11-20)7-14(16)9-18/h2-8,20H,10-11H2,1H3. The summed E-state index contributed by atoms with van der Waals surface area (Å²) < 4.78 is 13.2. The fourth-order valence-corrected chi connectivity index (χ4v) is 2.10. The number of hydrogen-bond donors (Lipinski definition) is 1. The van der Waals surface area contributed by atoms with E-state index in [2.05, 4.69) is 6.07 Å². The summed E-state index contributed by atoms with van der Waals surface area (Å²) in [6.45, 7) is 0.410. The van der Waals surface area contributed by atoms with Crippen LogP contribution in [0.2, 0.25) is 0 Å². The highest BCUT2D eigenvalue weighted by molar-refractivity contribution is 5.60. The van der Waals surface area contributed by atoms with E-state index in [1.165, 1.54) is 12.1 Å². The van der Waals surface area contributed by atoms with E-state index in [0.29, 0.717) is 17.7 Å². The molecule has 2 rings (SSSR count). The van der Waals surface area contributed by atoms with Crippen molar-refractivity contribution < 1.29 is 9.50 Å². The molecule has 0 fully saturated rings. The molecule has 2 aromatic rings. The zero-order valence-corrected chi connectivity index (χ0v) is 11.2. The van der Waals surface area contributed by atoms with Crippen LogP contribution in [0.1, 0.15) is 16.7 Å². The molecular formula is C16H15FN2O. The Hall–Kier alpha value is -2.38. The van der Waals surface area contributed by atoms with Crippen molar-refractivity contribution in [2.45, 2.75) is 13.2 Å². The lowest BCUT2D eigenvalue weighted by atomic mass is 10.1. The fourth-order valence-electron chi connectivity index (χ4n) is 2.10. The highest BCUT2D eigenvalue weighted by Gasteiger charge is 2.09. The van der Waals surface area contributed by atoms with Crippen molar-refractivity contribution in [2.75, 3.05) is 11.9 Å². The molecule has 4 heteroatoms. The topological polar surface area (TPSA) is 47.3 Å². The summed E-state index contributed by atoms with van der Waals surface area (Å²) in [7, 11) is 1.85. The van der Waals surface area contributed by atoms with Gasteiger partial charge in [-0.05, 0) is 35.4 Å². The van der Waals surface area contributed by atoms with E-state index in [9.17, 15) is 9.65 Å².